The van der Waals surface area contributed by atoms with Crippen LogP contribution in [0.1, 0.15) is 65.9 Å². The summed E-state index contributed by atoms with van der Waals surface area (Å²) in [6, 6.07) is 8.25. The molecule has 1 spiro atoms. The second-order valence-corrected chi connectivity index (χ2v) is 13.2. The number of aliphatic hydroxyl groups excluding tert-OH is 1. The number of hydrogen-bond donors (Lipinski definition) is 1. The highest BCUT2D eigenvalue weighted by Gasteiger charge is 2.80. The summed E-state index contributed by atoms with van der Waals surface area (Å²) in [5.41, 5.74) is -1.10. The standard InChI is InChI=1S/C35H51N3O5/c1-8-11-15-20-36(18-9-2)33(42)30-35-21-25(6)34(7,43-35)28(29(35)32(41)38(30)27(23-39)24(4)5)31(40)37(19-10-3)22-26-16-13-12-14-17-26/h9-10,12-14,16-17,24-25,27-30,39H,2-3,8,11,15,18-23H2,1,4-7H3/t25?,27-,28-,29-,30?,34+,35?/m0/s1. The molecule has 0 aromatic heterocycles. The Morgan fingerprint density at radius 1 is 1.12 bits per heavy atom. The van der Waals surface area contributed by atoms with E-state index < -0.39 is 35.1 Å². The van der Waals surface area contributed by atoms with Gasteiger partial charge in [-0.3, -0.25) is 14.4 Å². The third-order valence-electron chi connectivity index (χ3n) is 10.1. The Kier molecular flexibility index (Phi) is 10.2. The molecule has 0 radical (unpaired) electrons. The van der Waals surface area contributed by atoms with Crippen LogP contribution in [0.5, 0.6) is 0 Å². The summed E-state index contributed by atoms with van der Waals surface area (Å²) in [7, 11) is 0. The number of fused-ring (bicyclic) bond motifs is 1. The van der Waals surface area contributed by atoms with Crippen molar-refractivity contribution in [2.45, 2.75) is 90.1 Å². The van der Waals surface area contributed by atoms with Crippen LogP contribution >= 0.6 is 0 Å². The Morgan fingerprint density at radius 3 is 2.35 bits per heavy atom. The number of aliphatic hydroxyl groups is 1. The molecule has 3 aliphatic rings. The average Bonchev–Trinajstić information content (AvgIpc) is 3.49. The Labute approximate surface area is 257 Å². The molecule has 8 nitrogen and oxygen atoms in total. The van der Waals surface area contributed by atoms with Crippen molar-refractivity contribution in [1.82, 2.24) is 14.7 Å². The van der Waals surface area contributed by atoms with E-state index in [1.54, 1.807) is 26.9 Å². The normalized spacial score (nSPS) is 29.9. The third kappa shape index (κ3) is 5.68. The molecule has 0 saturated carbocycles. The topological polar surface area (TPSA) is 90.4 Å². The molecule has 8 heteroatoms. The van der Waals surface area contributed by atoms with Gasteiger partial charge in [0.05, 0.1) is 30.1 Å². The second kappa shape index (κ2) is 13.3. The molecule has 3 fully saturated rings. The van der Waals surface area contributed by atoms with Gasteiger partial charge in [-0.05, 0) is 37.2 Å². The Balaban J connectivity index is 1.81. The molecule has 7 atom stereocenters. The number of unbranched alkanes of at least 4 members (excludes halogenated alkanes) is 2. The van der Waals surface area contributed by atoms with E-state index in [0.29, 0.717) is 32.6 Å². The van der Waals surface area contributed by atoms with Crippen molar-refractivity contribution in [3.05, 3.63) is 61.2 Å². The van der Waals surface area contributed by atoms with Crippen LogP contribution in [-0.4, -0.2) is 87.1 Å². The van der Waals surface area contributed by atoms with Gasteiger partial charge < -0.3 is 24.5 Å². The van der Waals surface area contributed by atoms with Gasteiger partial charge in [-0.15, -0.1) is 13.2 Å². The molecule has 1 N–H and O–H groups in total. The molecule has 236 valence electrons. The van der Waals surface area contributed by atoms with Crippen molar-refractivity contribution in [3.8, 4) is 0 Å². The zero-order valence-electron chi connectivity index (χ0n) is 26.7. The van der Waals surface area contributed by atoms with Crippen LogP contribution in [0.25, 0.3) is 0 Å². The summed E-state index contributed by atoms with van der Waals surface area (Å²) >= 11 is 0. The molecule has 1 aromatic rings. The predicted molar refractivity (Wildman–Crippen MR) is 168 cm³/mol. The number of ether oxygens (including phenoxy) is 1. The van der Waals surface area contributed by atoms with Crippen LogP contribution in [0.3, 0.4) is 0 Å². The van der Waals surface area contributed by atoms with Gasteiger partial charge >= 0.3 is 0 Å². The summed E-state index contributed by atoms with van der Waals surface area (Å²) < 4.78 is 6.97. The monoisotopic (exact) mass is 593 g/mol. The highest BCUT2D eigenvalue weighted by molar-refractivity contribution is 5.99. The maximum Gasteiger partial charge on any atom is 0.248 e. The molecule has 43 heavy (non-hydrogen) atoms. The first kappa shape index (κ1) is 32.9. The highest BCUT2D eigenvalue weighted by Crippen LogP contribution is 2.66. The molecule has 2 bridgehead atoms. The van der Waals surface area contributed by atoms with E-state index >= 15 is 0 Å². The average molecular weight is 594 g/mol. The molecule has 3 amide bonds. The number of rotatable bonds is 15. The largest absolute Gasteiger partial charge is 0.394 e. The Bertz CT molecular complexity index is 1190. The van der Waals surface area contributed by atoms with E-state index in [9.17, 15) is 19.5 Å². The lowest BCUT2D eigenvalue weighted by Gasteiger charge is -2.40. The van der Waals surface area contributed by atoms with Crippen LogP contribution in [0, 0.1) is 23.7 Å². The number of hydrogen-bond acceptors (Lipinski definition) is 5. The fraction of sp³-hybridized carbons (Fsp3) is 0.629. The summed E-state index contributed by atoms with van der Waals surface area (Å²) in [5, 5.41) is 10.6. The van der Waals surface area contributed by atoms with Crippen molar-refractivity contribution in [2.24, 2.45) is 23.7 Å². The van der Waals surface area contributed by atoms with Gasteiger partial charge in [0.1, 0.15) is 11.6 Å². The minimum atomic E-state index is -1.16. The van der Waals surface area contributed by atoms with Crippen LogP contribution in [0.2, 0.25) is 0 Å². The minimum Gasteiger partial charge on any atom is -0.394 e. The minimum absolute atomic E-state index is 0.0670. The van der Waals surface area contributed by atoms with E-state index in [0.717, 1.165) is 24.8 Å². The first-order chi connectivity index (χ1) is 20.5. The van der Waals surface area contributed by atoms with Crippen molar-refractivity contribution >= 4 is 17.7 Å². The van der Waals surface area contributed by atoms with Crippen LogP contribution in [0.15, 0.2) is 55.6 Å². The smallest absolute Gasteiger partial charge is 0.248 e. The fourth-order valence-electron chi connectivity index (χ4n) is 7.87. The fourth-order valence-corrected chi connectivity index (χ4v) is 7.87. The zero-order chi connectivity index (χ0) is 31.5. The van der Waals surface area contributed by atoms with E-state index in [1.807, 2.05) is 51.1 Å². The third-order valence-corrected chi connectivity index (χ3v) is 10.1. The quantitative estimate of drug-likeness (QED) is 0.240. The first-order valence-corrected chi connectivity index (χ1v) is 16.0. The summed E-state index contributed by atoms with van der Waals surface area (Å²) in [6.07, 6.45) is 6.75. The maximum atomic E-state index is 14.7. The summed E-state index contributed by atoms with van der Waals surface area (Å²) in [5.74, 6) is -2.40. The molecule has 3 unspecified atom stereocenters. The van der Waals surface area contributed by atoms with Gasteiger partial charge in [0, 0.05) is 26.2 Å². The second-order valence-electron chi connectivity index (χ2n) is 13.2. The molecule has 3 saturated heterocycles. The van der Waals surface area contributed by atoms with Gasteiger partial charge in [0.15, 0.2) is 0 Å². The van der Waals surface area contributed by atoms with E-state index in [-0.39, 0.29) is 36.2 Å². The molecule has 4 rings (SSSR count). The number of carbonyl (C=O) groups is 3. The Morgan fingerprint density at radius 2 is 1.77 bits per heavy atom. The van der Waals surface area contributed by atoms with Gasteiger partial charge in [-0.2, -0.15) is 0 Å². The molecular weight excluding hydrogens is 542 g/mol. The molecule has 3 heterocycles. The number of benzene rings is 1. The van der Waals surface area contributed by atoms with E-state index in [2.05, 4.69) is 27.0 Å². The van der Waals surface area contributed by atoms with Crippen LogP contribution in [0.4, 0.5) is 0 Å². The SMILES string of the molecule is C=CCN(CCCCC)C(=O)C1N([C@@H](CO)C(C)C)C(=O)[C@@H]2[C@@H](C(=O)N(CC=C)Cc3ccccc3)[C@]3(C)OC12CC3C. The van der Waals surface area contributed by atoms with Crippen LogP contribution < -0.4 is 0 Å². The summed E-state index contributed by atoms with van der Waals surface area (Å²) in [6.45, 7) is 19.1. The number of carbonyl (C=O) groups excluding carboxylic acids is 3. The molecule has 1 aromatic carbocycles. The lowest BCUT2D eigenvalue weighted by Crippen LogP contribution is -2.60. The van der Waals surface area contributed by atoms with Gasteiger partial charge in [-0.1, -0.05) is 83.0 Å². The zero-order valence-corrected chi connectivity index (χ0v) is 26.7. The Hall–Kier alpha value is -2.97. The van der Waals surface area contributed by atoms with Crippen molar-refractivity contribution in [2.75, 3.05) is 26.2 Å². The van der Waals surface area contributed by atoms with Gasteiger partial charge in [0.2, 0.25) is 17.7 Å². The van der Waals surface area contributed by atoms with Crippen LogP contribution in [-0.2, 0) is 25.7 Å². The van der Waals surface area contributed by atoms with Crippen molar-refractivity contribution in [3.63, 3.8) is 0 Å². The van der Waals surface area contributed by atoms with Gasteiger partial charge in [-0.25, -0.2) is 0 Å². The lowest BCUT2D eigenvalue weighted by molar-refractivity contribution is -0.158. The van der Waals surface area contributed by atoms with E-state index in [1.165, 1.54) is 0 Å². The predicted octanol–water partition coefficient (Wildman–Crippen LogP) is 4.43. The number of likely N-dealkylation sites (tertiary alicyclic amines) is 1. The van der Waals surface area contributed by atoms with E-state index in [4.69, 9.17) is 4.74 Å². The highest BCUT2D eigenvalue weighted by atomic mass is 16.5. The number of amides is 3. The lowest BCUT2D eigenvalue weighted by atomic mass is 9.62. The maximum absolute atomic E-state index is 14.7. The summed E-state index contributed by atoms with van der Waals surface area (Å²) in [4.78, 5) is 49.0. The van der Waals surface area contributed by atoms with Crippen molar-refractivity contribution in [1.29, 1.82) is 0 Å². The van der Waals surface area contributed by atoms with Crippen molar-refractivity contribution < 1.29 is 24.2 Å². The first-order valence-electron chi connectivity index (χ1n) is 16.0. The van der Waals surface area contributed by atoms with Gasteiger partial charge in [0.25, 0.3) is 0 Å². The molecular formula is C35H51N3O5. The number of nitrogens with zero attached hydrogens (tertiary/aromatic N) is 3. The molecule has 3 aliphatic heterocycles. The molecule has 0 aliphatic carbocycles.